The van der Waals surface area contributed by atoms with E-state index in [0.717, 1.165) is 12.1 Å². The van der Waals surface area contributed by atoms with E-state index in [1.807, 2.05) is 0 Å². The van der Waals surface area contributed by atoms with Gasteiger partial charge in [0.1, 0.15) is 11.9 Å². The molecule has 3 amide bonds. The third-order valence-corrected chi connectivity index (χ3v) is 2.93. The zero-order valence-electron chi connectivity index (χ0n) is 10.9. The summed E-state index contributed by atoms with van der Waals surface area (Å²) in [6.07, 6.45) is 0. The Bertz CT molecular complexity index is 502. The van der Waals surface area contributed by atoms with E-state index in [2.05, 4.69) is 16.0 Å². The first-order chi connectivity index (χ1) is 9.35. The Kier molecular flexibility index (Phi) is 6.04. The maximum Gasteiger partial charge on any atom is 0.321 e. The molecule has 0 aliphatic carbocycles. The Morgan fingerprint density at radius 1 is 1.30 bits per heavy atom. The average molecular weight is 322 g/mol. The molecule has 1 aromatic carbocycles. The van der Waals surface area contributed by atoms with Gasteiger partial charge < -0.3 is 10.6 Å². The number of benzene rings is 1. The van der Waals surface area contributed by atoms with Gasteiger partial charge in [-0.15, -0.1) is 0 Å². The van der Waals surface area contributed by atoms with Crippen molar-refractivity contribution in [3.05, 3.63) is 28.0 Å². The maximum absolute atomic E-state index is 13.0. The largest absolute Gasteiger partial charge is 0.371 e. The molecule has 0 saturated carbocycles. The minimum atomic E-state index is -0.780. The number of carbonyl (C=O) groups is 2. The van der Waals surface area contributed by atoms with E-state index < -0.39 is 23.8 Å². The lowest BCUT2D eigenvalue weighted by Crippen LogP contribution is -2.45. The molecule has 0 aromatic heterocycles. The van der Waals surface area contributed by atoms with E-state index in [1.54, 1.807) is 6.92 Å². The topological polar surface area (TPSA) is 70.2 Å². The highest BCUT2D eigenvalue weighted by molar-refractivity contribution is 6.39. The Balaban J connectivity index is 2.73. The molecule has 3 N–H and O–H groups in total. The van der Waals surface area contributed by atoms with Crippen LogP contribution in [0.2, 0.25) is 10.0 Å². The van der Waals surface area contributed by atoms with Gasteiger partial charge >= 0.3 is 6.03 Å². The van der Waals surface area contributed by atoms with Gasteiger partial charge in [0.2, 0.25) is 5.91 Å². The van der Waals surface area contributed by atoms with Crippen LogP contribution in [0.15, 0.2) is 12.1 Å². The number of amides is 3. The summed E-state index contributed by atoms with van der Waals surface area (Å²) in [5.74, 6) is -1.14. The molecular formula is C12H14Cl2FN3O2. The fourth-order valence-corrected chi connectivity index (χ4v) is 1.96. The van der Waals surface area contributed by atoms with Crippen molar-refractivity contribution >= 4 is 40.8 Å². The van der Waals surface area contributed by atoms with Crippen LogP contribution >= 0.6 is 23.2 Å². The smallest absolute Gasteiger partial charge is 0.321 e. The number of hydrogen-bond donors (Lipinski definition) is 3. The number of halogens is 3. The second-order valence-electron chi connectivity index (χ2n) is 3.96. The Hall–Kier alpha value is -1.53. The Morgan fingerprint density at radius 3 is 2.35 bits per heavy atom. The van der Waals surface area contributed by atoms with E-state index in [0.29, 0.717) is 6.54 Å². The number of imide groups is 1. The summed E-state index contributed by atoms with van der Waals surface area (Å²) in [7, 11) is 0. The molecule has 110 valence electrons. The van der Waals surface area contributed by atoms with Gasteiger partial charge in [0.05, 0.1) is 15.7 Å². The molecule has 0 aliphatic heterocycles. The van der Waals surface area contributed by atoms with Gasteiger partial charge in [0.15, 0.2) is 0 Å². The van der Waals surface area contributed by atoms with Gasteiger partial charge in [-0.25, -0.2) is 9.18 Å². The number of rotatable bonds is 4. The van der Waals surface area contributed by atoms with Crippen LogP contribution in [0.4, 0.5) is 14.9 Å². The van der Waals surface area contributed by atoms with Crippen LogP contribution in [-0.4, -0.2) is 24.5 Å². The fraction of sp³-hybridized carbons (Fsp3) is 0.333. The van der Waals surface area contributed by atoms with E-state index in [-0.39, 0.29) is 15.7 Å². The van der Waals surface area contributed by atoms with Crippen molar-refractivity contribution in [1.82, 2.24) is 10.6 Å². The quantitative estimate of drug-likeness (QED) is 0.798. The second-order valence-corrected chi connectivity index (χ2v) is 4.77. The fourth-order valence-electron chi connectivity index (χ4n) is 1.39. The van der Waals surface area contributed by atoms with Crippen molar-refractivity contribution in [3.63, 3.8) is 0 Å². The molecule has 0 bridgehead atoms. The van der Waals surface area contributed by atoms with E-state index >= 15 is 0 Å². The lowest BCUT2D eigenvalue weighted by Gasteiger charge is -2.17. The molecule has 1 atom stereocenters. The van der Waals surface area contributed by atoms with Gasteiger partial charge in [0.25, 0.3) is 0 Å². The van der Waals surface area contributed by atoms with E-state index in [9.17, 15) is 14.0 Å². The summed E-state index contributed by atoms with van der Waals surface area (Å²) >= 11 is 11.7. The second kappa shape index (κ2) is 7.31. The molecular weight excluding hydrogens is 308 g/mol. The number of anilines is 1. The van der Waals surface area contributed by atoms with Crippen molar-refractivity contribution in [2.45, 2.75) is 19.9 Å². The highest BCUT2D eigenvalue weighted by Gasteiger charge is 2.18. The van der Waals surface area contributed by atoms with Gasteiger partial charge in [0, 0.05) is 6.54 Å². The van der Waals surface area contributed by atoms with Crippen molar-refractivity contribution in [3.8, 4) is 0 Å². The molecule has 1 rings (SSSR count). The van der Waals surface area contributed by atoms with Crippen LogP contribution in [0.3, 0.4) is 0 Å². The molecule has 20 heavy (non-hydrogen) atoms. The van der Waals surface area contributed by atoms with Crippen molar-refractivity contribution in [1.29, 1.82) is 0 Å². The molecule has 1 aromatic rings. The van der Waals surface area contributed by atoms with Gasteiger partial charge in [-0.3, -0.25) is 10.1 Å². The van der Waals surface area contributed by atoms with E-state index in [1.165, 1.54) is 6.92 Å². The minimum absolute atomic E-state index is 0.0488. The van der Waals surface area contributed by atoms with Gasteiger partial charge in [-0.05, 0) is 26.0 Å². The first-order valence-corrected chi connectivity index (χ1v) is 6.60. The minimum Gasteiger partial charge on any atom is -0.371 e. The molecule has 0 spiro atoms. The van der Waals surface area contributed by atoms with Gasteiger partial charge in [-0.1, -0.05) is 23.2 Å². The van der Waals surface area contributed by atoms with Crippen LogP contribution in [0.1, 0.15) is 13.8 Å². The lowest BCUT2D eigenvalue weighted by molar-refractivity contribution is -0.120. The first kappa shape index (κ1) is 16.5. The SMILES string of the molecule is CCNC(=O)NC(=O)C(C)Nc1c(Cl)cc(F)cc1Cl. The monoisotopic (exact) mass is 321 g/mol. The maximum atomic E-state index is 13.0. The molecule has 5 nitrogen and oxygen atoms in total. The third kappa shape index (κ3) is 4.54. The van der Waals surface area contributed by atoms with Crippen LogP contribution in [0, 0.1) is 5.82 Å². The molecule has 0 fully saturated rings. The predicted octanol–water partition coefficient (Wildman–Crippen LogP) is 2.78. The highest BCUT2D eigenvalue weighted by Crippen LogP contribution is 2.31. The summed E-state index contributed by atoms with van der Waals surface area (Å²) in [6, 6.07) is 0.773. The van der Waals surface area contributed by atoms with E-state index in [4.69, 9.17) is 23.2 Å². The number of urea groups is 1. The van der Waals surface area contributed by atoms with Crippen LogP contribution < -0.4 is 16.0 Å². The number of hydrogen-bond acceptors (Lipinski definition) is 3. The molecule has 0 aliphatic rings. The summed E-state index contributed by atoms with van der Waals surface area (Å²) in [6.45, 7) is 3.64. The molecule has 0 heterocycles. The van der Waals surface area contributed by atoms with Crippen LogP contribution in [0.5, 0.6) is 0 Å². The zero-order valence-corrected chi connectivity index (χ0v) is 12.4. The molecule has 8 heteroatoms. The van der Waals surface area contributed by atoms with Crippen LogP contribution in [0.25, 0.3) is 0 Å². The first-order valence-electron chi connectivity index (χ1n) is 5.85. The Morgan fingerprint density at radius 2 is 1.85 bits per heavy atom. The van der Waals surface area contributed by atoms with Crippen molar-refractivity contribution in [2.24, 2.45) is 0 Å². The third-order valence-electron chi connectivity index (χ3n) is 2.34. The number of nitrogens with one attached hydrogen (secondary N) is 3. The lowest BCUT2D eigenvalue weighted by atomic mass is 10.2. The summed E-state index contributed by atoms with van der Waals surface area (Å²) in [4.78, 5) is 22.9. The normalized spacial score (nSPS) is 11.7. The number of carbonyl (C=O) groups excluding carboxylic acids is 2. The summed E-state index contributed by atoms with van der Waals surface area (Å²) in [5, 5.41) is 7.39. The van der Waals surface area contributed by atoms with Crippen LogP contribution in [-0.2, 0) is 4.79 Å². The Labute approximate surface area is 125 Å². The average Bonchev–Trinajstić information content (AvgIpc) is 2.33. The molecule has 0 saturated heterocycles. The summed E-state index contributed by atoms with van der Waals surface area (Å²) in [5.41, 5.74) is 0.230. The summed E-state index contributed by atoms with van der Waals surface area (Å²) < 4.78 is 13.0. The zero-order chi connectivity index (χ0) is 15.3. The standard InChI is InChI=1S/C12H14Cl2FN3O2/c1-3-16-12(20)18-11(19)6(2)17-10-8(13)4-7(15)5-9(10)14/h4-6,17H,3H2,1-2H3,(H2,16,18,19,20). The van der Waals surface area contributed by atoms with Crippen molar-refractivity contribution in [2.75, 3.05) is 11.9 Å². The van der Waals surface area contributed by atoms with Crippen molar-refractivity contribution < 1.29 is 14.0 Å². The predicted molar refractivity (Wildman–Crippen MR) is 76.7 cm³/mol. The molecule has 0 radical (unpaired) electrons. The van der Waals surface area contributed by atoms with Gasteiger partial charge in [-0.2, -0.15) is 0 Å². The molecule has 1 unspecified atom stereocenters. The highest BCUT2D eigenvalue weighted by atomic mass is 35.5.